The first kappa shape index (κ1) is 41.0. The third-order valence-corrected chi connectivity index (χ3v) is 9.94. The van der Waals surface area contributed by atoms with Crippen molar-refractivity contribution in [2.45, 2.75) is 24.9 Å². The van der Waals surface area contributed by atoms with Crippen LogP contribution in [0.1, 0.15) is 12.8 Å². The van der Waals surface area contributed by atoms with Crippen molar-refractivity contribution in [3.8, 4) is 34.0 Å². The van der Waals surface area contributed by atoms with Crippen LogP contribution in [0.2, 0.25) is 0 Å². The van der Waals surface area contributed by atoms with Crippen molar-refractivity contribution in [2.24, 2.45) is 11.8 Å². The van der Waals surface area contributed by atoms with Crippen LogP contribution in [0, 0.1) is 35.1 Å². The molecule has 2 aromatic heterocycles. The van der Waals surface area contributed by atoms with Gasteiger partial charge in [0.2, 0.25) is 20.0 Å². The van der Waals surface area contributed by atoms with Crippen LogP contribution in [-0.4, -0.2) is 91.0 Å². The van der Waals surface area contributed by atoms with Crippen LogP contribution >= 0.6 is 0 Å². The maximum absolute atomic E-state index is 13.8. The van der Waals surface area contributed by atoms with Crippen LogP contribution in [0.5, 0.6) is 11.5 Å². The smallest absolute Gasteiger partial charge is 0.208 e. The summed E-state index contributed by atoms with van der Waals surface area (Å²) in [5, 5.41) is 0. The Morgan fingerprint density at radius 3 is 1.35 bits per heavy atom. The van der Waals surface area contributed by atoms with Gasteiger partial charge in [-0.2, -0.15) is 0 Å². The summed E-state index contributed by atoms with van der Waals surface area (Å²) in [5.74, 6) is -2.09. The fraction of sp³-hybridized carbons (Fsp3) is 0.389. The molecule has 18 heteroatoms. The Labute approximate surface area is 311 Å². The predicted octanol–water partition coefficient (Wildman–Crippen LogP) is 4.72. The molecular formula is C36H40F4N4O8S2. The first-order valence-corrected chi connectivity index (χ1v) is 20.6. The lowest BCUT2D eigenvalue weighted by atomic mass is 9.98. The van der Waals surface area contributed by atoms with E-state index in [4.69, 9.17) is 18.9 Å². The zero-order valence-corrected chi connectivity index (χ0v) is 31.0. The largest absolute Gasteiger partial charge is 0.493 e. The third-order valence-electron chi connectivity index (χ3n) is 8.48. The fourth-order valence-electron chi connectivity index (χ4n) is 5.86. The Hall–Kier alpha value is -4.20. The van der Waals surface area contributed by atoms with Gasteiger partial charge in [0.1, 0.15) is 34.5 Å². The monoisotopic (exact) mass is 796 g/mol. The van der Waals surface area contributed by atoms with Crippen LogP contribution in [0.4, 0.5) is 17.6 Å². The molecule has 2 aliphatic heterocycles. The van der Waals surface area contributed by atoms with Gasteiger partial charge in [0, 0.05) is 60.4 Å². The molecule has 2 unspecified atom stereocenters. The molecule has 4 atom stereocenters. The molecule has 0 amide bonds. The van der Waals surface area contributed by atoms with Crippen molar-refractivity contribution < 1.29 is 53.3 Å². The summed E-state index contributed by atoms with van der Waals surface area (Å²) >= 11 is 0. The van der Waals surface area contributed by atoms with Crippen LogP contribution in [0.15, 0.2) is 73.1 Å². The zero-order valence-electron chi connectivity index (χ0n) is 29.4. The zero-order chi connectivity index (χ0) is 38.9. The number of aromatic nitrogens is 2. The molecule has 2 saturated heterocycles. The van der Waals surface area contributed by atoms with E-state index in [0.29, 0.717) is 61.9 Å². The Morgan fingerprint density at radius 1 is 0.648 bits per heavy atom. The first-order chi connectivity index (χ1) is 25.6. The summed E-state index contributed by atoms with van der Waals surface area (Å²) in [5.41, 5.74) is 1.11. The molecule has 0 aliphatic carbocycles. The minimum Gasteiger partial charge on any atom is -0.493 e. The molecule has 6 rings (SSSR count). The maximum atomic E-state index is 13.8. The maximum Gasteiger partial charge on any atom is 0.208 e. The summed E-state index contributed by atoms with van der Waals surface area (Å²) in [4.78, 5) is 7.54. The lowest BCUT2D eigenvalue weighted by Gasteiger charge is -2.31. The molecule has 4 heterocycles. The molecule has 0 saturated carbocycles. The van der Waals surface area contributed by atoms with Crippen molar-refractivity contribution in [3.63, 3.8) is 0 Å². The average molecular weight is 797 g/mol. The lowest BCUT2D eigenvalue weighted by molar-refractivity contribution is 0.0185. The normalized spacial score (nSPS) is 20.4. The minimum atomic E-state index is -3.31. The highest BCUT2D eigenvalue weighted by atomic mass is 32.2. The number of pyridine rings is 2. The molecule has 2 N–H and O–H groups in total. The number of nitrogens with zero attached hydrogens (tertiary/aromatic N) is 2. The van der Waals surface area contributed by atoms with Gasteiger partial charge in [-0.15, -0.1) is 0 Å². The van der Waals surface area contributed by atoms with E-state index in [1.54, 1.807) is 48.5 Å². The molecule has 0 bridgehead atoms. The number of halogens is 4. The molecule has 12 nitrogen and oxygen atoms in total. The van der Waals surface area contributed by atoms with E-state index < -0.39 is 43.3 Å². The Bertz CT molecular complexity index is 1930. The molecule has 0 spiro atoms. The van der Waals surface area contributed by atoms with E-state index in [1.165, 1.54) is 0 Å². The van der Waals surface area contributed by atoms with Crippen LogP contribution in [-0.2, 0) is 29.5 Å². The number of hydrogen-bond donors (Lipinski definition) is 2. The Morgan fingerprint density at radius 2 is 1.02 bits per heavy atom. The summed E-state index contributed by atoms with van der Waals surface area (Å²) in [6, 6.07) is 14.2. The summed E-state index contributed by atoms with van der Waals surface area (Å²) in [7, 11) is -6.63. The number of rotatable bonds is 12. The van der Waals surface area contributed by atoms with Gasteiger partial charge < -0.3 is 18.9 Å². The highest BCUT2D eigenvalue weighted by molar-refractivity contribution is 7.89. The predicted molar refractivity (Wildman–Crippen MR) is 192 cm³/mol. The third kappa shape index (κ3) is 12.4. The summed E-state index contributed by atoms with van der Waals surface area (Å²) in [6.45, 7) is 2.33. The second kappa shape index (κ2) is 18.4. The van der Waals surface area contributed by atoms with Gasteiger partial charge >= 0.3 is 0 Å². The van der Waals surface area contributed by atoms with Crippen LogP contribution in [0.25, 0.3) is 22.5 Å². The van der Waals surface area contributed by atoms with E-state index in [1.807, 2.05) is 0 Å². The highest BCUT2D eigenvalue weighted by Gasteiger charge is 2.30. The van der Waals surface area contributed by atoms with Gasteiger partial charge in [-0.25, -0.2) is 43.8 Å². The molecule has 0 radical (unpaired) electrons. The number of nitrogens with one attached hydrogen (secondary N) is 2. The van der Waals surface area contributed by atoms with E-state index in [9.17, 15) is 34.4 Å². The number of sulfonamides is 2. The fourth-order valence-corrected chi connectivity index (χ4v) is 7.58. The molecule has 2 fully saturated rings. The number of ether oxygens (including phenoxy) is 4. The summed E-state index contributed by atoms with van der Waals surface area (Å²) in [6.07, 6.45) is 5.33. The molecule has 4 aromatic rings. The SMILES string of the molecule is CS(=O)(=O)NC1CCOCC1COc1ccc(-c2ncc(F)cc2F)cc1.CS(=O)(=O)N[C@@H]1CCOC[C@H]1COc1ccc(-c2ncc(F)cc2F)cc1. The molecule has 2 aliphatic rings. The van der Waals surface area contributed by atoms with E-state index in [-0.39, 0.29) is 48.5 Å². The number of benzene rings is 2. The van der Waals surface area contributed by atoms with E-state index in [2.05, 4.69) is 19.4 Å². The second-order valence-electron chi connectivity index (χ2n) is 12.9. The highest BCUT2D eigenvalue weighted by Crippen LogP contribution is 2.26. The molecule has 54 heavy (non-hydrogen) atoms. The topological polar surface area (TPSA) is 155 Å². The molecule has 292 valence electrons. The number of hydrogen-bond acceptors (Lipinski definition) is 10. The van der Waals surface area contributed by atoms with Gasteiger partial charge in [0.15, 0.2) is 11.6 Å². The van der Waals surface area contributed by atoms with Crippen LogP contribution < -0.4 is 18.9 Å². The Balaban J connectivity index is 0.000000208. The minimum absolute atomic E-state index is 0.0565. The van der Waals surface area contributed by atoms with Gasteiger partial charge in [-0.1, -0.05) is 0 Å². The first-order valence-electron chi connectivity index (χ1n) is 16.8. The van der Waals surface area contributed by atoms with Gasteiger partial charge in [0.05, 0.1) is 51.3 Å². The molecule has 2 aromatic carbocycles. The molecular weight excluding hydrogens is 757 g/mol. The van der Waals surface area contributed by atoms with Crippen LogP contribution in [0.3, 0.4) is 0 Å². The van der Waals surface area contributed by atoms with Crippen molar-refractivity contribution in [1.29, 1.82) is 0 Å². The van der Waals surface area contributed by atoms with Gasteiger partial charge in [-0.05, 0) is 61.4 Å². The average Bonchev–Trinajstić information content (AvgIpc) is 3.11. The summed E-state index contributed by atoms with van der Waals surface area (Å²) < 4.78 is 127. The van der Waals surface area contributed by atoms with Crippen molar-refractivity contribution in [2.75, 3.05) is 52.2 Å². The van der Waals surface area contributed by atoms with Gasteiger partial charge in [-0.3, -0.25) is 9.97 Å². The second-order valence-corrected chi connectivity index (χ2v) is 16.4. The quantitative estimate of drug-likeness (QED) is 0.193. The lowest BCUT2D eigenvalue weighted by Crippen LogP contribution is -2.47. The Kier molecular flexibility index (Phi) is 14.0. The van der Waals surface area contributed by atoms with Crippen molar-refractivity contribution in [1.82, 2.24) is 19.4 Å². The standard InChI is InChI=1S/2C18H20F2N2O4S/c2*1-27(23,24)22-17-6-7-25-10-13(17)11-26-15-4-2-12(3-5-15)18-16(20)8-14(19)9-21-18/h2*2-5,8-9,13,17,22H,6-7,10-11H2,1H3/t13-,17+;/m0./s1. The van der Waals surface area contributed by atoms with Crippen molar-refractivity contribution >= 4 is 20.0 Å². The van der Waals surface area contributed by atoms with E-state index in [0.717, 1.165) is 37.0 Å². The van der Waals surface area contributed by atoms with E-state index >= 15 is 0 Å². The van der Waals surface area contributed by atoms with Crippen molar-refractivity contribution in [3.05, 3.63) is 96.3 Å². The van der Waals surface area contributed by atoms with Gasteiger partial charge in [0.25, 0.3) is 0 Å².